The lowest BCUT2D eigenvalue weighted by atomic mass is 9.79. The summed E-state index contributed by atoms with van der Waals surface area (Å²) in [7, 11) is 0. The van der Waals surface area contributed by atoms with Gasteiger partial charge in [-0.1, -0.05) is 40.5 Å². The summed E-state index contributed by atoms with van der Waals surface area (Å²) in [6.45, 7) is 8.87. The Morgan fingerprint density at radius 1 is 1.21 bits per heavy atom. The monoisotopic (exact) mass is 200 g/mol. The fourth-order valence-electron chi connectivity index (χ4n) is 1.98. The zero-order valence-corrected chi connectivity index (χ0v) is 9.92. The Kier molecular flexibility index (Phi) is 6.60. The summed E-state index contributed by atoms with van der Waals surface area (Å²) < 4.78 is 0. The fourth-order valence-corrected chi connectivity index (χ4v) is 1.98. The molecule has 2 heteroatoms. The highest BCUT2D eigenvalue weighted by molar-refractivity contribution is 5.66. The summed E-state index contributed by atoms with van der Waals surface area (Å²) in [5.41, 5.74) is 0. The Morgan fingerprint density at radius 3 is 2.14 bits per heavy atom. The van der Waals surface area contributed by atoms with Crippen LogP contribution in [-0.2, 0) is 4.79 Å². The number of carbonyl (C=O) groups is 1. The first-order valence-corrected chi connectivity index (χ1v) is 5.74. The van der Waals surface area contributed by atoms with Gasteiger partial charge < -0.3 is 5.11 Å². The van der Waals surface area contributed by atoms with Gasteiger partial charge in [-0.3, -0.25) is 4.79 Å². The van der Waals surface area contributed by atoms with Crippen LogP contribution in [0.3, 0.4) is 0 Å². The minimum atomic E-state index is -0.667. The first kappa shape index (κ1) is 13.5. The molecule has 1 N–H and O–H groups in total. The Balaban J connectivity index is 4.04. The predicted molar refractivity (Wildman–Crippen MR) is 59.3 cm³/mol. The normalized spacial score (nSPS) is 17.4. The first-order valence-electron chi connectivity index (χ1n) is 5.74. The van der Waals surface area contributed by atoms with Crippen molar-refractivity contribution in [1.82, 2.24) is 0 Å². The molecule has 0 aliphatic carbocycles. The van der Waals surface area contributed by atoms with Crippen LogP contribution >= 0.6 is 0 Å². The first-order chi connectivity index (χ1) is 6.52. The lowest BCUT2D eigenvalue weighted by Gasteiger charge is -2.27. The highest BCUT2D eigenvalue weighted by Crippen LogP contribution is 2.28. The number of carboxylic acid groups (broad SMARTS) is 1. The van der Waals surface area contributed by atoms with E-state index in [0.717, 1.165) is 12.8 Å². The second-order valence-corrected chi connectivity index (χ2v) is 4.35. The molecule has 84 valence electrons. The Morgan fingerprint density at radius 2 is 1.79 bits per heavy atom. The van der Waals surface area contributed by atoms with Crippen molar-refractivity contribution in [2.24, 2.45) is 17.8 Å². The second kappa shape index (κ2) is 6.86. The Bertz CT molecular complexity index is 166. The number of hydrogen-bond donors (Lipinski definition) is 1. The van der Waals surface area contributed by atoms with Crippen molar-refractivity contribution >= 4 is 5.97 Å². The topological polar surface area (TPSA) is 37.3 Å². The summed E-state index contributed by atoms with van der Waals surface area (Å²) in [5, 5.41) is 8.64. The molecule has 0 heterocycles. The average Bonchev–Trinajstić information content (AvgIpc) is 2.16. The SMILES string of the molecule is CCC(C)C(C)C(CC)CCC(=O)O. The van der Waals surface area contributed by atoms with Gasteiger partial charge >= 0.3 is 5.97 Å². The van der Waals surface area contributed by atoms with Crippen LogP contribution in [0.5, 0.6) is 0 Å². The Hall–Kier alpha value is -0.530. The van der Waals surface area contributed by atoms with E-state index in [2.05, 4.69) is 27.7 Å². The molecule has 2 nitrogen and oxygen atoms in total. The molecule has 0 saturated carbocycles. The standard InChI is InChI=1S/C12H24O2/c1-5-9(3)10(4)11(6-2)7-8-12(13)14/h9-11H,5-8H2,1-4H3,(H,13,14). The van der Waals surface area contributed by atoms with Gasteiger partial charge in [0.2, 0.25) is 0 Å². The molecule has 3 atom stereocenters. The van der Waals surface area contributed by atoms with Crippen LogP contribution in [0.2, 0.25) is 0 Å². The van der Waals surface area contributed by atoms with Crippen LogP contribution in [-0.4, -0.2) is 11.1 Å². The van der Waals surface area contributed by atoms with Gasteiger partial charge in [-0.05, 0) is 24.2 Å². The van der Waals surface area contributed by atoms with Crippen LogP contribution in [0.15, 0.2) is 0 Å². The van der Waals surface area contributed by atoms with E-state index in [1.54, 1.807) is 0 Å². The molecule has 0 fully saturated rings. The van der Waals surface area contributed by atoms with Crippen molar-refractivity contribution in [1.29, 1.82) is 0 Å². The predicted octanol–water partition coefficient (Wildman–Crippen LogP) is 3.56. The van der Waals surface area contributed by atoms with Crippen molar-refractivity contribution in [3.05, 3.63) is 0 Å². The van der Waals surface area contributed by atoms with Gasteiger partial charge in [0.25, 0.3) is 0 Å². The highest BCUT2D eigenvalue weighted by atomic mass is 16.4. The van der Waals surface area contributed by atoms with Crippen LogP contribution < -0.4 is 0 Å². The van der Waals surface area contributed by atoms with Gasteiger partial charge in [0.1, 0.15) is 0 Å². The van der Waals surface area contributed by atoms with Crippen molar-refractivity contribution in [2.75, 3.05) is 0 Å². The molecule has 0 rings (SSSR count). The quantitative estimate of drug-likeness (QED) is 0.682. The van der Waals surface area contributed by atoms with Gasteiger partial charge in [0.15, 0.2) is 0 Å². The van der Waals surface area contributed by atoms with Crippen LogP contribution in [0.25, 0.3) is 0 Å². The number of rotatable bonds is 7. The molecule has 3 unspecified atom stereocenters. The van der Waals surface area contributed by atoms with Gasteiger partial charge in [0.05, 0.1) is 0 Å². The van der Waals surface area contributed by atoms with Crippen molar-refractivity contribution in [3.63, 3.8) is 0 Å². The summed E-state index contributed by atoms with van der Waals surface area (Å²) in [6, 6.07) is 0. The maximum atomic E-state index is 10.5. The molecule has 0 aromatic heterocycles. The molecule has 14 heavy (non-hydrogen) atoms. The lowest BCUT2D eigenvalue weighted by Crippen LogP contribution is -2.19. The van der Waals surface area contributed by atoms with E-state index in [1.807, 2.05) is 0 Å². The maximum absolute atomic E-state index is 10.5. The zero-order chi connectivity index (χ0) is 11.1. The number of aliphatic carboxylic acids is 1. The number of carboxylic acids is 1. The van der Waals surface area contributed by atoms with E-state index >= 15 is 0 Å². The summed E-state index contributed by atoms with van der Waals surface area (Å²) in [4.78, 5) is 10.5. The molecular formula is C12H24O2. The van der Waals surface area contributed by atoms with E-state index in [-0.39, 0.29) is 0 Å². The smallest absolute Gasteiger partial charge is 0.303 e. The van der Waals surface area contributed by atoms with Crippen LogP contribution in [0, 0.1) is 17.8 Å². The second-order valence-electron chi connectivity index (χ2n) is 4.35. The molecule has 0 aliphatic heterocycles. The van der Waals surface area contributed by atoms with E-state index in [1.165, 1.54) is 6.42 Å². The molecule has 0 saturated heterocycles. The minimum absolute atomic E-state index is 0.319. The summed E-state index contributed by atoms with van der Waals surface area (Å²) in [6.07, 6.45) is 3.43. The van der Waals surface area contributed by atoms with Gasteiger partial charge in [-0.2, -0.15) is 0 Å². The molecular weight excluding hydrogens is 176 g/mol. The van der Waals surface area contributed by atoms with Crippen molar-refractivity contribution < 1.29 is 9.90 Å². The van der Waals surface area contributed by atoms with E-state index in [0.29, 0.717) is 24.2 Å². The molecule has 0 aromatic carbocycles. The highest BCUT2D eigenvalue weighted by Gasteiger charge is 2.20. The van der Waals surface area contributed by atoms with Gasteiger partial charge in [-0.25, -0.2) is 0 Å². The minimum Gasteiger partial charge on any atom is -0.481 e. The van der Waals surface area contributed by atoms with Crippen LogP contribution in [0.4, 0.5) is 0 Å². The molecule has 0 amide bonds. The van der Waals surface area contributed by atoms with Crippen molar-refractivity contribution in [2.45, 2.75) is 53.4 Å². The summed E-state index contributed by atoms with van der Waals surface area (Å²) >= 11 is 0. The van der Waals surface area contributed by atoms with E-state index in [9.17, 15) is 4.79 Å². The molecule has 0 aliphatic rings. The van der Waals surface area contributed by atoms with E-state index in [4.69, 9.17) is 5.11 Å². The third-order valence-corrected chi connectivity index (χ3v) is 3.54. The van der Waals surface area contributed by atoms with E-state index < -0.39 is 5.97 Å². The zero-order valence-electron chi connectivity index (χ0n) is 9.92. The number of hydrogen-bond acceptors (Lipinski definition) is 1. The molecule has 0 bridgehead atoms. The molecule has 0 spiro atoms. The average molecular weight is 200 g/mol. The fraction of sp³-hybridized carbons (Fsp3) is 0.917. The van der Waals surface area contributed by atoms with Crippen molar-refractivity contribution in [3.8, 4) is 0 Å². The lowest BCUT2D eigenvalue weighted by molar-refractivity contribution is -0.137. The molecule has 0 radical (unpaired) electrons. The largest absolute Gasteiger partial charge is 0.481 e. The summed E-state index contributed by atoms with van der Waals surface area (Å²) in [5.74, 6) is 1.25. The van der Waals surface area contributed by atoms with Gasteiger partial charge in [0, 0.05) is 6.42 Å². The third kappa shape index (κ3) is 4.64. The van der Waals surface area contributed by atoms with Crippen LogP contribution in [0.1, 0.15) is 53.4 Å². The van der Waals surface area contributed by atoms with Gasteiger partial charge in [-0.15, -0.1) is 0 Å². The third-order valence-electron chi connectivity index (χ3n) is 3.54. The Labute approximate surface area is 87.7 Å². The maximum Gasteiger partial charge on any atom is 0.303 e. The molecule has 0 aromatic rings.